The quantitative estimate of drug-likeness (QED) is 0.137. The number of halogens is 1. The van der Waals surface area contributed by atoms with Crippen molar-refractivity contribution in [3.63, 3.8) is 0 Å². The van der Waals surface area contributed by atoms with Gasteiger partial charge in [-0.2, -0.15) is 9.97 Å². The lowest BCUT2D eigenvalue weighted by Gasteiger charge is -2.14. The van der Waals surface area contributed by atoms with Crippen molar-refractivity contribution in [2.45, 2.75) is 53.4 Å². The monoisotopic (exact) mass is 696 g/mol. The van der Waals surface area contributed by atoms with Crippen LogP contribution in [-0.4, -0.2) is 29.9 Å². The van der Waals surface area contributed by atoms with Crippen LogP contribution in [-0.2, 0) is 0 Å². The second kappa shape index (κ2) is 20.8. The molecule has 12 nitrogen and oxygen atoms in total. The number of nitrogen functional groups attached to an aromatic ring is 4. The summed E-state index contributed by atoms with van der Waals surface area (Å²) in [5, 5.41) is 0. The normalized spacial score (nSPS) is 9.09. The molecule has 0 amide bonds. The first-order valence-corrected chi connectivity index (χ1v) is 14.6. The molecule has 0 spiro atoms. The van der Waals surface area contributed by atoms with E-state index in [9.17, 15) is 0 Å². The van der Waals surface area contributed by atoms with Crippen LogP contribution in [0.4, 0.5) is 23.5 Å². The van der Waals surface area contributed by atoms with Crippen LogP contribution in [0.3, 0.4) is 0 Å². The zero-order valence-electron chi connectivity index (χ0n) is 27.0. The fraction of sp³-hybridized carbons (Fsp3) is 0.235. The Morgan fingerprint density at radius 3 is 1.57 bits per heavy atom. The number of terminal acetylenes is 1. The van der Waals surface area contributed by atoms with Crippen molar-refractivity contribution in [2.75, 3.05) is 22.9 Å². The standard InChI is InChI=1S/C12H14BrN5O.C12H15N5O.C8H6.C2H2/c1-6(2)7-4-16-10(13)3-8(7)19-9-5-17-12(15)18-11(9)14;1-7(2)8-5-15-4-3-9(8)18-10-6-16-12(14)17-11(10)13;1-3-5-7-8-6-4-2;1-2/h3-6H,1-2H3,(H4,14,15,17,18);3-7H,1-2H3,(H4,13,14,16,17);1-2H3;1-2H. The molecular weight excluding hydrogens is 660 g/mol. The molecule has 0 aliphatic carbocycles. The molecule has 0 aliphatic rings. The molecule has 0 aromatic carbocycles. The van der Waals surface area contributed by atoms with Gasteiger partial charge in [-0.15, -0.1) is 12.8 Å². The molecule has 242 valence electrons. The van der Waals surface area contributed by atoms with Gasteiger partial charge in [0.15, 0.2) is 23.1 Å². The fourth-order valence-corrected chi connectivity index (χ4v) is 3.55. The number of pyridine rings is 2. The van der Waals surface area contributed by atoms with Crippen molar-refractivity contribution in [1.82, 2.24) is 29.9 Å². The van der Waals surface area contributed by atoms with E-state index in [0.29, 0.717) is 33.5 Å². The number of ether oxygens (including phenoxy) is 2. The van der Waals surface area contributed by atoms with Gasteiger partial charge in [-0.3, -0.25) is 4.98 Å². The highest BCUT2D eigenvalue weighted by atomic mass is 79.9. The highest BCUT2D eigenvalue weighted by molar-refractivity contribution is 9.10. The van der Waals surface area contributed by atoms with Gasteiger partial charge in [0.25, 0.3) is 0 Å². The number of nitrogens with zero attached hydrogens (tertiary/aromatic N) is 6. The molecule has 47 heavy (non-hydrogen) atoms. The van der Waals surface area contributed by atoms with Crippen LogP contribution in [0.25, 0.3) is 0 Å². The van der Waals surface area contributed by atoms with Gasteiger partial charge < -0.3 is 32.4 Å². The smallest absolute Gasteiger partial charge is 0.222 e. The molecular formula is C34H37BrN10O2. The summed E-state index contributed by atoms with van der Waals surface area (Å²) in [6.45, 7) is 11.7. The van der Waals surface area contributed by atoms with Crippen LogP contribution >= 0.6 is 15.9 Å². The Kier molecular flexibility index (Phi) is 17.3. The van der Waals surface area contributed by atoms with Crippen molar-refractivity contribution in [3.8, 4) is 71.4 Å². The number of hydrogen-bond acceptors (Lipinski definition) is 12. The van der Waals surface area contributed by atoms with Crippen LogP contribution in [0.5, 0.6) is 23.0 Å². The number of hydrogen-bond donors (Lipinski definition) is 4. The van der Waals surface area contributed by atoms with Gasteiger partial charge >= 0.3 is 0 Å². The molecule has 0 saturated carbocycles. The van der Waals surface area contributed by atoms with Crippen LogP contribution in [0.1, 0.15) is 64.5 Å². The maximum Gasteiger partial charge on any atom is 0.222 e. The minimum absolute atomic E-state index is 0.116. The second-order valence-electron chi connectivity index (χ2n) is 9.43. The SMILES string of the molecule is C#C.CC#CC#CC#CC.CC(C)c1cnc(Br)cc1Oc1cnc(N)nc1N.CC(C)c1cnccc1Oc1cnc(N)nc1N. The first kappa shape index (κ1) is 39.0. The highest BCUT2D eigenvalue weighted by Gasteiger charge is 2.13. The van der Waals surface area contributed by atoms with E-state index in [1.54, 1.807) is 44.6 Å². The van der Waals surface area contributed by atoms with Gasteiger partial charge in [-0.1, -0.05) is 39.5 Å². The maximum atomic E-state index is 5.76. The van der Waals surface area contributed by atoms with Crippen LogP contribution in [0.15, 0.2) is 47.7 Å². The molecule has 0 radical (unpaired) electrons. The van der Waals surface area contributed by atoms with Crippen molar-refractivity contribution in [1.29, 1.82) is 0 Å². The summed E-state index contributed by atoms with van der Waals surface area (Å²) in [5.41, 5.74) is 24.3. The topological polar surface area (TPSA) is 200 Å². The maximum absolute atomic E-state index is 5.76. The molecule has 0 saturated heterocycles. The Balaban J connectivity index is 0.000000369. The van der Waals surface area contributed by atoms with E-state index in [1.807, 2.05) is 0 Å². The lowest BCUT2D eigenvalue weighted by atomic mass is 10.1. The van der Waals surface area contributed by atoms with E-state index in [4.69, 9.17) is 32.4 Å². The molecule has 0 fully saturated rings. The van der Waals surface area contributed by atoms with E-state index in [2.05, 4.69) is 122 Å². The third kappa shape index (κ3) is 13.7. The molecule has 4 heterocycles. The molecule has 0 unspecified atom stereocenters. The van der Waals surface area contributed by atoms with Crippen molar-refractivity contribution in [3.05, 3.63) is 58.8 Å². The average Bonchev–Trinajstić information content (AvgIpc) is 3.04. The van der Waals surface area contributed by atoms with Gasteiger partial charge in [0, 0.05) is 35.8 Å². The molecule has 0 atom stereocenters. The number of anilines is 4. The van der Waals surface area contributed by atoms with Gasteiger partial charge in [-0.25, -0.2) is 15.0 Å². The van der Waals surface area contributed by atoms with Gasteiger partial charge in [0.2, 0.25) is 11.9 Å². The largest absolute Gasteiger partial charge is 0.451 e. The summed E-state index contributed by atoms with van der Waals surface area (Å²) in [6.07, 6.45) is 16.1. The predicted octanol–water partition coefficient (Wildman–Crippen LogP) is 5.95. The summed E-state index contributed by atoms with van der Waals surface area (Å²) in [7, 11) is 0. The molecule has 0 aliphatic heterocycles. The van der Waals surface area contributed by atoms with Gasteiger partial charge in [0.05, 0.1) is 12.4 Å². The Hall–Kier alpha value is -6.02. The van der Waals surface area contributed by atoms with Crippen LogP contribution < -0.4 is 32.4 Å². The number of aromatic nitrogens is 6. The van der Waals surface area contributed by atoms with Crippen LogP contribution in [0.2, 0.25) is 0 Å². The second-order valence-corrected chi connectivity index (χ2v) is 10.2. The zero-order chi connectivity index (χ0) is 35.4. The molecule has 4 aromatic rings. The molecule has 8 N–H and O–H groups in total. The van der Waals surface area contributed by atoms with E-state index in [1.165, 1.54) is 12.4 Å². The summed E-state index contributed by atoms with van der Waals surface area (Å²) in [4.78, 5) is 23.7. The Labute approximate surface area is 284 Å². The van der Waals surface area contributed by atoms with Crippen LogP contribution in [0, 0.1) is 48.4 Å². The minimum Gasteiger partial charge on any atom is -0.451 e. The van der Waals surface area contributed by atoms with Gasteiger partial charge in [-0.05, 0) is 71.4 Å². The predicted molar refractivity (Wildman–Crippen MR) is 191 cm³/mol. The first-order valence-electron chi connectivity index (χ1n) is 13.8. The molecule has 13 heteroatoms. The average molecular weight is 698 g/mol. The molecule has 4 aromatic heterocycles. The lowest BCUT2D eigenvalue weighted by molar-refractivity contribution is 0.469. The fourth-order valence-electron chi connectivity index (χ4n) is 3.24. The van der Waals surface area contributed by atoms with E-state index < -0.39 is 0 Å². The Morgan fingerprint density at radius 2 is 1.13 bits per heavy atom. The van der Waals surface area contributed by atoms with E-state index in [0.717, 1.165) is 11.1 Å². The first-order chi connectivity index (χ1) is 22.5. The molecule has 4 rings (SSSR count). The third-order valence-corrected chi connectivity index (χ3v) is 5.83. The Morgan fingerprint density at radius 1 is 0.660 bits per heavy atom. The summed E-state index contributed by atoms with van der Waals surface area (Å²) >= 11 is 3.32. The van der Waals surface area contributed by atoms with Crippen molar-refractivity contribution in [2.24, 2.45) is 0 Å². The lowest BCUT2D eigenvalue weighted by Crippen LogP contribution is -2.03. The number of rotatable bonds is 6. The summed E-state index contributed by atoms with van der Waals surface area (Å²) < 4.78 is 12.2. The third-order valence-electron chi connectivity index (χ3n) is 5.40. The van der Waals surface area contributed by atoms with Crippen molar-refractivity contribution < 1.29 is 9.47 Å². The summed E-state index contributed by atoms with van der Waals surface area (Å²) in [6, 6.07) is 3.57. The van der Waals surface area contributed by atoms with E-state index in [-0.39, 0.29) is 29.5 Å². The zero-order valence-corrected chi connectivity index (χ0v) is 28.6. The van der Waals surface area contributed by atoms with Crippen molar-refractivity contribution >= 4 is 39.5 Å². The molecule has 0 bridgehead atoms. The minimum atomic E-state index is 0.116. The Bertz CT molecular complexity index is 1800. The van der Waals surface area contributed by atoms with Gasteiger partial charge in [0.1, 0.15) is 16.1 Å². The van der Waals surface area contributed by atoms with E-state index >= 15 is 0 Å². The summed E-state index contributed by atoms with van der Waals surface area (Å²) in [5.74, 6) is 18.9. The highest BCUT2D eigenvalue weighted by Crippen LogP contribution is 2.34. The number of nitrogens with two attached hydrogens (primary N) is 4.